The first-order chi connectivity index (χ1) is 21.7. The van der Waals surface area contributed by atoms with Crippen LogP contribution >= 0.6 is 0 Å². The van der Waals surface area contributed by atoms with Crippen molar-refractivity contribution in [2.75, 3.05) is 0 Å². The number of allylic oxidation sites excluding steroid dienone is 4. The summed E-state index contributed by atoms with van der Waals surface area (Å²) in [5, 5.41) is 0. The summed E-state index contributed by atoms with van der Waals surface area (Å²) in [5.41, 5.74) is 20.8. The first kappa shape index (κ1) is 35.1. The van der Waals surface area contributed by atoms with Gasteiger partial charge in [-0.05, 0) is 0 Å². The van der Waals surface area contributed by atoms with E-state index in [9.17, 15) is 0 Å². The maximum atomic E-state index is 2.57. The third kappa shape index (κ3) is 6.35. The van der Waals surface area contributed by atoms with Gasteiger partial charge in [0.2, 0.25) is 0 Å². The largest absolute Gasteiger partial charge is 1.00 e. The molecule has 5 aromatic rings. The van der Waals surface area contributed by atoms with E-state index >= 15 is 0 Å². The molecule has 0 heterocycles. The Hall–Kier alpha value is -3.26. The second kappa shape index (κ2) is 14.1. The van der Waals surface area contributed by atoms with Gasteiger partial charge in [-0.2, -0.15) is 0 Å². The van der Waals surface area contributed by atoms with Crippen molar-refractivity contribution in [2.24, 2.45) is 0 Å². The second-order valence-electron chi connectivity index (χ2n) is 13.3. The fourth-order valence-electron chi connectivity index (χ4n) is 8.29. The number of benzene rings is 5. The van der Waals surface area contributed by atoms with Crippen LogP contribution in [0.15, 0.2) is 113 Å². The number of fused-ring (bicyclic) bond motifs is 3. The summed E-state index contributed by atoms with van der Waals surface area (Å²) in [6.07, 6.45) is 8.19. The predicted octanol–water partition coefficient (Wildman–Crippen LogP) is 5.65. The summed E-state index contributed by atoms with van der Waals surface area (Å²) < 4.78 is 3.66. The molecule has 3 heteroatoms. The van der Waals surface area contributed by atoms with Gasteiger partial charge in [0.15, 0.2) is 0 Å². The molecule has 0 amide bonds. The topological polar surface area (TPSA) is 0 Å². The molecular formula is C44H42Cl2Ti. The maximum absolute atomic E-state index is 2.57. The Labute approximate surface area is 299 Å². The molecule has 47 heavy (non-hydrogen) atoms. The third-order valence-corrected chi connectivity index (χ3v) is 15.2. The number of aryl methyl sites for hydroxylation is 6. The van der Waals surface area contributed by atoms with Crippen molar-refractivity contribution < 1.29 is 42.2 Å². The van der Waals surface area contributed by atoms with Crippen molar-refractivity contribution in [1.29, 1.82) is 0 Å². The molecule has 0 aromatic heterocycles. The molecule has 0 unspecified atom stereocenters. The quantitative estimate of drug-likeness (QED) is 0.210. The molecule has 0 spiro atoms. The Morgan fingerprint density at radius 3 is 1.49 bits per heavy atom. The minimum absolute atomic E-state index is 0. The second-order valence-corrected chi connectivity index (χ2v) is 17.7. The number of hydrogen-bond donors (Lipinski definition) is 0. The Morgan fingerprint density at radius 2 is 1.06 bits per heavy atom. The number of hydrogen-bond acceptors (Lipinski definition) is 0. The Bertz CT molecular complexity index is 1940. The molecule has 0 radical (unpaired) electrons. The van der Waals surface area contributed by atoms with Gasteiger partial charge < -0.3 is 24.8 Å². The first-order valence-corrected chi connectivity index (χ1v) is 18.7. The fraction of sp³-hybridized carbons (Fsp3) is 0.205. The monoisotopic (exact) mass is 688 g/mol. The standard InChI is InChI=1S/C31H29.C8H8.C5H5.2ClH.Ti/c1-18-11-20(3)30(21(4)12-18)24-7-9-28-26(15-24)17-27-16-25(8-10-29(27)28)31-22(5)13-19(2)14-23(31)6;1-2-8-6-4-3-5-7-8;1-2-4-5-3-1;;;/h7-17H,1-6H3;3-7H,1H3;1-3H,4H2;2*1H;/q;;;;;+2/p-2. The molecule has 0 atom stereocenters. The van der Waals surface area contributed by atoms with Crippen LogP contribution in [0.5, 0.6) is 0 Å². The van der Waals surface area contributed by atoms with Gasteiger partial charge in [-0.25, -0.2) is 0 Å². The Morgan fingerprint density at radius 1 is 0.596 bits per heavy atom. The van der Waals surface area contributed by atoms with E-state index in [1.807, 2.05) is 0 Å². The summed E-state index contributed by atoms with van der Waals surface area (Å²) in [7, 11) is 0. The molecule has 2 aliphatic rings. The average Bonchev–Trinajstić information content (AvgIpc) is 3.64. The van der Waals surface area contributed by atoms with Gasteiger partial charge in [0.1, 0.15) is 0 Å². The van der Waals surface area contributed by atoms with Crippen molar-refractivity contribution in [3.05, 3.63) is 163 Å². The number of halogens is 2. The van der Waals surface area contributed by atoms with Crippen LogP contribution in [-0.2, 0) is 17.4 Å². The summed E-state index contributed by atoms with van der Waals surface area (Å²) in [6.45, 7) is 15.9. The summed E-state index contributed by atoms with van der Waals surface area (Å²) in [6, 6.07) is 35.3. The van der Waals surface area contributed by atoms with Gasteiger partial charge in [0.25, 0.3) is 0 Å². The fourth-order valence-corrected chi connectivity index (χ4v) is 13.7. The van der Waals surface area contributed by atoms with Gasteiger partial charge >= 0.3 is 277 Å². The summed E-state index contributed by atoms with van der Waals surface area (Å²) in [4.78, 5) is 0. The molecular weight excluding hydrogens is 647 g/mol. The van der Waals surface area contributed by atoms with Gasteiger partial charge in [-0.1, -0.05) is 0 Å². The van der Waals surface area contributed by atoms with Gasteiger partial charge in [-0.15, -0.1) is 0 Å². The molecule has 0 saturated heterocycles. The van der Waals surface area contributed by atoms with Crippen LogP contribution in [0.4, 0.5) is 0 Å². The van der Waals surface area contributed by atoms with Crippen molar-refractivity contribution in [3.8, 4) is 33.4 Å². The molecule has 236 valence electrons. The zero-order valence-corrected chi connectivity index (χ0v) is 31.5. The van der Waals surface area contributed by atoms with Crippen LogP contribution in [0.25, 0.3) is 33.4 Å². The molecule has 0 aliphatic heterocycles. The van der Waals surface area contributed by atoms with Crippen LogP contribution in [0, 0.1) is 41.5 Å². The zero-order valence-electron chi connectivity index (χ0n) is 28.4. The molecule has 0 saturated carbocycles. The molecule has 0 fully saturated rings. The van der Waals surface area contributed by atoms with E-state index in [0.717, 1.165) is 6.42 Å². The first-order valence-electron chi connectivity index (χ1n) is 16.3. The van der Waals surface area contributed by atoms with Crippen molar-refractivity contribution in [3.63, 3.8) is 0 Å². The van der Waals surface area contributed by atoms with Crippen LogP contribution in [-0.4, -0.2) is 3.81 Å². The van der Waals surface area contributed by atoms with Crippen molar-refractivity contribution >= 4 is 3.81 Å². The van der Waals surface area contributed by atoms with Crippen LogP contribution in [0.1, 0.15) is 67.6 Å². The predicted molar refractivity (Wildman–Crippen MR) is 191 cm³/mol. The van der Waals surface area contributed by atoms with Gasteiger partial charge in [0.05, 0.1) is 0 Å². The Balaban J connectivity index is 0.00000217. The molecule has 5 aromatic carbocycles. The van der Waals surface area contributed by atoms with Crippen molar-refractivity contribution in [1.82, 2.24) is 0 Å². The summed E-state index contributed by atoms with van der Waals surface area (Å²) >= 11 is -2.11. The van der Waals surface area contributed by atoms with Gasteiger partial charge in [0, 0.05) is 0 Å². The SMILES string of the molecule is C/[C](c1ccccc1)=[Ti+2](/[C]1=CC=CC1)[CH]1c2cc(-c3c(C)cc(C)cc3C)ccc2-c2ccc(-c3c(C)cc(C)cc3C)cc21.[Cl-].[Cl-]. The molecule has 7 rings (SSSR count). The molecule has 2 aliphatic carbocycles. The van der Waals surface area contributed by atoms with Crippen LogP contribution in [0.3, 0.4) is 0 Å². The van der Waals surface area contributed by atoms with Crippen LogP contribution < -0.4 is 24.8 Å². The maximum Gasteiger partial charge on any atom is -1.00 e. The van der Waals surface area contributed by atoms with E-state index in [1.54, 1.807) is 7.69 Å². The average molecular weight is 690 g/mol. The Kier molecular flexibility index (Phi) is 10.5. The smallest absolute Gasteiger partial charge is 1.00 e. The third-order valence-electron chi connectivity index (χ3n) is 9.96. The van der Waals surface area contributed by atoms with E-state index in [2.05, 4.69) is 158 Å². The van der Waals surface area contributed by atoms with E-state index in [1.165, 1.54) is 83.5 Å². The van der Waals surface area contributed by atoms with Crippen molar-refractivity contribution in [2.45, 2.75) is 59.1 Å². The molecule has 0 bridgehead atoms. The van der Waals surface area contributed by atoms with E-state index in [4.69, 9.17) is 0 Å². The van der Waals surface area contributed by atoms with E-state index < -0.39 is 17.4 Å². The number of rotatable bonds is 5. The molecule has 0 nitrogen and oxygen atoms in total. The zero-order chi connectivity index (χ0) is 31.4. The summed E-state index contributed by atoms with van der Waals surface area (Å²) in [5.74, 6) is 0. The minimum atomic E-state index is -2.11. The minimum Gasteiger partial charge on any atom is -1.00 e. The van der Waals surface area contributed by atoms with Gasteiger partial charge in [-0.3, -0.25) is 0 Å². The molecule has 0 N–H and O–H groups in total. The normalized spacial score (nSPS) is 13.3. The van der Waals surface area contributed by atoms with Crippen LogP contribution in [0.2, 0.25) is 0 Å². The van der Waals surface area contributed by atoms with E-state index in [0.29, 0.717) is 4.22 Å². The van der Waals surface area contributed by atoms with E-state index in [-0.39, 0.29) is 24.8 Å².